The first-order chi connectivity index (χ1) is 11.1. The number of nitrogens with zero attached hydrogens (tertiary/aromatic N) is 4. The Morgan fingerprint density at radius 3 is 2.70 bits per heavy atom. The van der Waals surface area contributed by atoms with Crippen molar-refractivity contribution in [3.8, 4) is 0 Å². The minimum absolute atomic E-state index is 0.411. The number of aromatic nitrogens is 2. The quantitative estimate of drug-likeness (QED) is 0.850. The normalized spacial score (nSPS) is 21.1. The molecule has 1 aliphatic carbocycles. The van der Waals surface area contributed by atoms with Crippen molar-refractivity contribution in [2.45, 2.75) is 45.2 Å². The topological polar surface area (TPSA) is 32.3 Å². The number of para-hydroxylation sites is 1. The van der Waals surface area contributed by atoms with Gasteiger partial charge in [0, 0.05) is 49.5 Å². The van der Waals surface area contributed by atoms with Crippen LogP contribution in [0.15, 0.2) is 30.3 Å². The predicted octanol–water partition coefficient (Wildman–Crippen LogP) is 3.51. The van der Waals surface area contributed by atoms with E-state index in [1.165, 1.54) is 24.1 Å². The molecule has 1 aromatic carbocycles. The number of rotatable bonds is 2. The number of likely N-dealkylation sites (N-methyl/N-ethyl adjacent to an activating group) is 1. The summed E-state index contributed by atoms with van der Waals surface area (Å²) in [6, 6.07) is 11.2. The van der Waals surface area contributed by atoms with Gasteiger partial charge >= 0.3 is 0 Å². The summed E-state index contributed by atoms with van der Waals surface area (Å²) in [6.45, 7) is 6.28. The van der Waals surface area contributed by atoms with Crippen LogP contribution in [0.2, 0.25) is 0 Å². The molecule has 0 spiro atoms. The van der Waals surface area contributed by atoms with Crippen LogP contribution in [0.25, 0.3) is 0 Å². The number of aryl methyl sites for hydroxylation is 1. The fraction of sp³-hybridized carbons (Fsp3) is 0.474. The van der Waals surface area contributed by atoms with Gasteiger partial charge in [-0.05, 0) is 38.3 Å². The Hall–Kier alpha value is -2.10. The number of benzene rings is 1. The lowest BCUT2D eigenvalue weighted by atomic mass is 10.1. The van der Waals surface area contributed by atoms with Gasteiger partial charge in [0.2, 0.25) is 0 Å². The summed E-state index contributed by atoms with van der Waals surface area (Å²) in [5, 5.41) is 0. The van der Waals surface area contributed by atoms with Crippen LogP contribution < -0.4 is 9.80 Å². The lowest BCUT2D eigenvalue weighted by Gasteiger charge is -2.30. The third-order valence-corrected chi connectivity index (χ3v) is 4.91. The highest BCUT2D eigenvalue weighted by atomic mass is 15.3. The van der Waals surface area contributed by atoms with Gasteiger partial charge in [0.25, 0.3) is 0 Å². The van der Waals surface area contributed by atoms with E-state index in [9.17, 15) is 0 Å². The van der Waals surface area contributed by atoms with Gasteiger partial charge in [-0.1, -0.05) is 18.2 Å². The molecule has 1 saturated carbocycles. The average Bonchev–Trinajstić information content (AvgIpc) is 3.36. The Balaban J connectivity index is 1.73. The molecule has 4 heteroatoms. The molecule has 2 aromatic rings. The summed E-state index contributed by atoms with van der Waals surface area (Å²) in [6.07, 6.45) is 2.48. The minimum Gasteiger partial charge on any atom is -0.372 e. The third-order valence-electron chi connectivity index (χ3n) is 4.91. The lowest BCUT2D eigenvalue weighted by Crippen LogP contribution is -2.38. The highest BCUT2D eigenvalue weighted by Crippen LogP contribution is 2.39. The van der Waals surface area contributed by atoms with E-state index in [4.69, 9.17) is 4.98 Å². The maximum Gasteiger partial charge on any atom is 0.134 e. The van der Waals surface area contributed by atoms with Gasteiger partial charge in [-0.2, -0.15) is 0 Å². The van der Waals surface area contributed by atoms with Crippen molar-refractivity contribution in [2.75, 3.05) is 23.4 Å². The fourth-order valence-electron chi connectivity index (χ4n) is 3.50. The van der Waals surface area contributed by atoms with Crippen LogP contribution >= 0.6 is 0 Å². The zero-order valence-electron chi connectivity index (χ0n) is 14.2. The maximum atomic E-state index is 4.91. The second-order valence-corrected chi connectivity index (χ2v) is 6.99. The largest absolute Gasteiger partial charge is 0.372 e. The first kappa shape index (κ1) is 14.5. The molecule has 2 aliphatic rings. The SMILES string of the molecule is Cc1cc(N2Cc3ccccc3N(C)C[C@@H]2C)nc(C2CC2)n1. The number of fused-ring (bicyclic) bond motifs is 1. The van der Waals surface area contributed by atoms with Crippen molar-refractivity contribution in [3.05, 3.63) is 47.4 Å². The number of hydrogen-bond acceptors (Lipinski definition) is 4. The molecular formula is C19H24N4. The zero-order valence-corrected chi connectivity index (χ0v) is 14.2. The van der Waals surface area contributed by atoms with E-state index in [-0.39, 0.29) is 0 Å². The van der Waals surface area contributed by atoms with E-state index >= 15 is 0 Å². The molecule has 4 rings (SSSR count). The van der Waals surface area contributed by atoms with Gasteiger partial charge in [0.15, 0.2) is 0 Å². The van der Waals surface area contributed by atoms with Crippen molar-refractivity contribution >= 4 is 11.5 Å². The molecule has 1 aromatic heterocycles. The van der Waals surface area contributed by atoms with Gasteiger partial charge in [0.1, 0.15) is 11.6 Å². The van der Waals surface area contributed by atoms with Crippen LogP contribution in [0, 0.1) is 6.92 Å². The number of anilines is 2. The Labute approximate surface area is 138 Å². The average molecular weight is 308 g/mol. The van der Waals surface area contributed by atoms with Gasteiger partial charge in [-0.15, -0.1) is 0 Å². The van der Waals surface area contributed by atoms with Crippen LogP contribution in [0.4, 0.5) is 11.5 Å². The molecule has 0 saturated heterocycles. The molecule has 0 N–H and O–H groups in total. The Bertz CT molecular complexity index is 723. The van der Waals surface area contributed by atoms with E-state index in [1.54, 1.807) is 0 Å². The second-order valence-electron chi connectivity index (χ2n) is 6.99. The summed E-state index contributed by atoms with van der Waals surface area (Å²) in [5.41, 5.74) is 3.77. The van der Waals surface area contributed by atoms with Crippen LogP contribution in [0.1, 0.15) is 42.8 Å². The molecule has 4 nitrogen and oxygen atoms in total. The van der Waals surface area contributed by atoms with Crippen molar-refractivity contribution < 1.29 is 0 Å². The molecule has 120 valence electrons. The van der Waals surface area contributed by atoms with Crippen LogP contribution in [0.3, 0.4) is 0 Å². The van der Waals surface area contributed by atoms with Gasteiger partial charge in [-0.25, -0.2) is 9.97 Å². The first-order valence-corrected chi connectivity index (χ1v) is 8.53. The monoisotopic (exact) mass is 308 g/mol. The number of hydrogen-bond donors (Lipinski definition) is 0. The minimum atomic E-state index is 0.411. The van der Waals surface area contributed by atoms with Crippen LogP contribution in [-0.2, 0) is 6.54 Å². The maximum absolute atomic E-state index is 4.91. The lowest BCUT2D eigenvalue weighted by molar-refractivity contribution is 0.632. The van der Waals surface area contributed by atoms with Crippen molar-refractivity contribution in [2.24, 2.45) is 0 Å². The highest BCUT2D eigenvalue weighted by molar-refractivity contribution is 5.57. The second kappa shape index (κ2) is 5.52. The molecule has 0 bridgehead atoms. The van der Waals surface area contributed by atoms with Gasteiger partial charge < -0.3 is 9.80 Å². The summed E-state index contributed by atoms with van der Waals surface area (Å²) in [7, 11) is 2.18. The van der Waals surface area contributed by atoms with E-state index in [0.717, 1.165) is 30.4 Å². The van der Waals surface area contributed by atoms with Crippen LogP contribution in [0.5, 0.6) is 0 Å². The molecule has 0 radical (unpaired) electrons. The molecule has 0 amide bonds. The fourth-order valence-corrected chi connectivity index (χ4v) is 3.50. The summed E-state index contributed by atoms with van der Waals surface area (Å²) >= 11 is 0. The molecular weight excluding hydrogens is 284 g/mol. The van der Waals surface area contributed by atoms with Crippen molar-refractivity contribution in [1.29, 1.82) is 0 Å². The van der Waals surface area contributed by atoms with E-state index in [1.807, 2.05) is 0 Å². The van der Waals surface area contributed by atoms with E-state index < -0.39 is 0 Å². The zero-order chi connectivity index (χ0) is 16.0. The smallest absolute Gasteiger partial charge is 0.134 e. The molecule has 1 aliphatic heterocycles. The highest BCUT2D eigenvalue weighted by Gasteiger charge is 2.29. The molecule has 23 heavy (non-hydrogen) atoms. The van der Waals surface area contributed by atoms with Gasteiger partial charge in [-0.3, -0.25) is 0 Å². The van der Waals surface area contributed by atoms with Crippen LogP contribution in [-0.4, -0.2) is 29.6 Å². The Morgan fingerprint density at radius 2 is 1.91 bits per heavy atom. The standard InChI is InChI=1S/C19H24N4/c1-13-10-18(21-19(20-13)15-8-9-15)23-12-16-6-4-5-7-17(16)22(3)11-14(23)2/h4-7,10,14-15H,8-9,11-12H2,1-3H3/t14-/m0/s1. The predicted molar refractivity (Wildman–Crippen MR) is 94.1 cm³/mol. The molecule has 1 fully saturated rings. The molecule has 0 unspecified atom stereocenters. The van der Waals surface area contributed by atoms with Crippen molar-refractivity contribution in [3.63, 3.8) is 0 Å². The van der Waals surface area contributed by atoms with E-state index in [2.05, 4.69) is 66.0 Å². The third kappa shape index (κ3) is 2.78. The summed E-state index contributed by atoms with van der Waals surface area (Å²) in [4.78, 5) is 14.3. The Kier molecular flexibility index (Phi) is 3.47. The summed E-state index contributed by atoms with van der Waals surface area (Å²) < 4.78 is 0. The molecule has 2 heterocycles. The Morgan fingerprint density at radius 1 is 1.13 bits per heavy atom. The molecule has 1 atom stereocenters. The van der Waals surface area contributed by atoms with Crippen molar-refractivity contribution in [1.82, 2.24) is 9.97 Å². The summed E-state index contributed by atoms with van der Waals surface area (Å²) in [5.74, 6) is 2.71. The van der Waals surface area contributed by atoms with Gasteiger partial charge in [0.05, 0.1) is 0 Å². The van der Waals surface area contributed by atoms with E-state index in [0.29, 0.717) is 12.0 Å². The first-order valence-electron chi connectivity index (χ1n) is 8.53.